The molecule has 4 heteroatoms. The number of carbonyl (C=O) groups is 2. The Morgan fingerprint density at radius 2 is 1.37 bits per heavy atom. The number of nitriles is 1. The fraction of sp³-hybridized carbons (Fsp3) is 0.270. The second-order valence-electron chi connectivity index (χ2n) is 11.1. The summed E-state index contributed by atoms with van der Waals surface area (Å²) in [7, 11) is 0. The van der Waals surface area contributed by atoms with Gasteiger partial charge in [-0.2, -0.15) is 5.26 Å². The van der Waals surface area contributed by atoms with Crippen LogP contribution in [0.5, 0.6) is 0 Å². The third kappa shape index (κ3) is 6.31. The minimum Gasteiger partial charge on any atom is -0.339 e. The van der Waals surface area contributed by atoms with E-state index in [0.717, 1.165) is 29.5 Å². The first-order chi connectivity index (χ1) is 20.0. The van der Waals surface area contributed by atoms with E-state index >= 15 is 0 Å². The van der Waals surface area contributed by atoms with Crippen LogP contribution in [0.2, 0.25) is 0 Å². The molecule has 0 saturated carbocycles. The maximum Gasteiger partial charge on any atom is 0.253 e. The van der Waals surface area contributed by atoms with E-state index in [0.29, 0.717) is 55.2 Å². The van der Waals surface area contributed by atoms with E-state index in [9.17, 15) is 9.59 Å². The molecule has 4 aromatic rings. The van der Waals surface area contributed by atoms with E-state index in [1.807, 2.05) is 65.6 Å². The lowest BCUT2D eigenvalue weighted by atomic mass is 9.68. The zero-order valence-corrected chi connectivity index (χ0v) is 23.6. The molecule has 1 atom stereocenters. The largest absolute Gasteiger partial charge is 0.339 e. The van der Waals surface area contributed by atoms with E-state index in [1.54, 1.807) is 12.1 Å². The summed E-state index contributed by atoms with van der Waals surface area (Å²) in [6.07, 6.45) is 3.66. The summed E-state index contributed by atoms with van der Waals surface area (Å²) in [5, 5.41) is 9.03. The number of hydrogen-bond acceptors (Lipinski definition) is 3. The van der Waals surface area contributed by atoms with E-state index in [1.165, 1.54) is 5.56 Å². The number of hydrogen-bond donors (Lipinski definition) is 0. The Morgan fingerprint density at radius 1 is 0.805 bits per heavy atom. The number of piperidine rings is 1. The van der Waals surface area contributed by atoms with Crippen LogP contribution in [0.4, 0.5) is 0 Å². The van der Waals surface area contributed by atoms with Crippen LogP contribution in [0, 0.1) is 11.3 Å². The summed E-state index contributed by atoms with van der Waals surface area (Å²) >= 11 is 0. The number of benzene rings is 4. The van der Waals surface area contributed by atoms with Crippen molar-refractivity contribution < 1.29 is 9.59 Å². The van der Waals surface area contributed by atoms with Crippen LogP contribution in [-0.2, 0) is 10.2 Å². The number of nitrogens with zero attached hydrogens (tertiary/aromatic N) is 2. The Hall–Kier alpha value is -4.49. The van der Waals surface area contributed by atoms with Crippen molar-refractivity contribution in [1.29, 1.82) is 5.26 Å². The van der Waals surface area contributed by atoms with Crippen LogP contribution in [-0.4, -0.2) is 29.7 Å². The fourth-order valence-corrected chi connectivity index (χ4v) is 6.06. The standard InChI is InChI=1S/C37H36N2O2/c1-28(30-10-4-2-5-11-30)9-8-14-35(40)37(34-12-6-3-7-13-34)23-25-39(26-24-37)36(41)33-21-19-32(20-22-33)31-17-15-29(27-38)16-18-31/h2-7,10-13,15-22,28H,8-9,14,23-26H2,1H3/t28-/m1/s1. The number of ketones is 1. The van der Waals surface area contributed by atoms with Crippen LogP contribution in [0.15, 0.2) is 109 Å². The first kappa shape index (κ1) is 28.1. The molecule has 1 amide bonds. The van der Waals surface area contributed by atoms with E-state index in [-0.39, 0.29) is 5.91 Å². The van der Waals surface area contributed by atoms with Gasteiger partial charge in [0.25, 0.3) is 5.91 Å². The number of Topliss-reactive ketones (excluding diaryl/α,β-unsaturated/α-hetero) is 1. The lowest BCUT2D eigenvalue weighted by molar-refractivity contribution is -0.126. The zero-order chi connectivity index (χ0) is 28.7. The van der Waals surface area contributed by atoms with Gasteiger partial charge in [0, 0.05) is 25.1 Å². The van der Waals surface area contributed by atoms with Crippen molar-refractivity contribution >= 4 is 11.7 Å². The van der Waals surface area contributed by atoms with E-state index in [4.69, 9.17) is 5.26 Å². The second kappa shape index (κ2) is 12.8. The van der Waals surface area contributed by atoms with Crippen molar-refractivity contribution in [3.63, 3.8) is 0 Å². The Balaban J connectivity index is 1.24. The highest BCUT2D eigenvalue weighted by molar-refractivity contribution is 5.95. The highest BCUT2D eigenvalue weighted by atomic mass is 16.2. The van der Waals surface area contributed by atoms with Gasteiger partial charge < -0.3 is 4.90 Å². The predicted octanol–water partition coefficient (Wildman–Crippen LogP) is 7.94. The van der Waals surface area contributed by atoms with Gasteiger partial charge in [0.2, 0.25) is 0 Å². The molecule has 0 aliphatic carbocycles. The van der Waals surface area contributed by atoms with Gasteiger partial charge in [-0.1, -0.05) is 91.9 Å². The summed E-state index contributed by atoms with van der Waals surface area (Å²) in [6, 6.07) is 37.9. The zero-order valence-electron chi connectivity index (χ0n) is 23.6. The average Bonchev–Trinajstić information content (AvgIpc) is 3.05. The number of rotatable bonds is 9. The lowest BCUT2D eigenvalue weighted by Gasteiger charge is -2.41. The van der Waals surface area contributed by atoms with Gasteiger partial charge in [-0.15, -0.1) is 0 Å². The van der Waals surface area contributed by atoms with Crippen LogP contribution in [0.1, 0.15) is 72.0 Å². The molecule has 1 aliphatic heterocycles. The molecule has 0 aromatic heterocycles. The van der Waals surface area contributed by atoms with Crippen molar-refractivity contribution in [3.05, 3.63) is 131 Å². The first-order valence-electron chi connectivity index (χ1n) is 14.5. The molecule has 41 heavy (non-hydrogen) atoms. The van der Waals surface area contributed by atoms with E-state index in [2.05, 4.69) is 49.4 Å². The maximum atomic E-state index is 13.9. The lowest BCUT2D eigenvalue weighted by Crippen LogP contribution is -2.49. The molecule has 5 rings (SSSR count). The third-order valence-corrected chi connectivity index (χ3v) is 8.65. The van der Waals surface area contributed by atoms with Crippen molar-refractivity contribution in [2.45, 2.75) is 50.4 Å². The molecule has 206 valence electrons. The van der Waals surface area contributed by atoms with Crippen molar-refractivity contribution in [3.8, 4) is 17.2 Å². The van der Waals surface area contributed by atoms with Crippen LogP contribution in [0.25, 0.3) is 11.1 Å². The molecule has 0 bridgehead atoms. The smallest absolute Gasteiger partial charge is 0.253 e. The predicted molar refractivity (Wildman–Crippen MR) is 164 cm³/mol. The summed E-state index contributed by atoms with van der Waals surface area (Å²) < 4.78 is 0. The summed E-state index contributed by atoms with van der Waals surface area (Å²) in [4.78, 5) is 29.2. The Kier molecular flexibility index (Phi) is 8.75. The third-order valence-electron chi connectivity index (χ3n) is 8.65. The molecule has 4 aromatic carbocycles. The Morgan fingerprint density at radius 3 is 1.95 bits per heavy atom. The summed E-state index contributed by atoms with van der Waals surface area (Å²) in [5.41, 5.74) is 5.11. The van der Waals surface area contributed by atoms with Crippen LogP contribution >= 0.6 is 0 Å². The van der Waals surface area contributed by atoms with Gasteiger partial charge in [0.05, 0.1) is 17.0 Å². The minimum absolute atomic E-state index is 0.00201. The highest BCUT2D eigenvalue weighted by Crippen LogP contribution is 2.39. The van der Waals surface area contributed by atoms with Crippen molar-refractivity contribution in [1.82, 2.24) is 4.90 Å². The first-order valence-corrected chi connectivity index (χ1v) is 14.5. The minimum atomic E-state index is -0.548. The average molecular weight is 541 g/mol. The van der Waals surface area contributed by atoms with Gasteiger partial charge in [-0.25, -0.2) is 0 Å². The molecule has 1 heterocycles. The number of likely N-dealkylation sites (tertiary alicyclic amines) is 1. The van der Waals surface area contributed by atoms with Crippen LogP contribution in [0.3, 0.4) is 0 Å². The number of carbonyl (C=O) groups excluding carboxylic acids is 2. The van der Waals surface area contributed by atoms with E-state index < -0.39 is 5.41 Å². The molecule has 1 fully saturated rings. The van der Waals surface area contributed by atoms with Gasteiger partial charge in [-0.3, -0.25) is 9.59 Å². The van der Waals surface area contributed by atoms with Gasteiger partial charge in [0.15, 0.2) is 0 Å². The summed E-state index contributed by atoms with van der Waals surface area (Å²) in [5.74, 6) is 0.712. The fourth-order valence-electron chi connectivity index (χ4n) is 6.06. The van der Waals surface area contributed by atoms with Gasteiger partial charge in [-0.05, 0) is 78.1 Å². The molecular formula is C37H36N2O2. The quantitative estimate of drug-likeness (QED) is 0.216. The van der Waals surface area contributed by atoms with Gasteiger partial charge >= 0.3 is 0 Å². The Bertz CT molecular complexity index is 1500. The van der Waals surface area contributed by atoms with Crippen LogP contribution < -0.4 is 0 Å². The Labute approximate surface area is 243 Å². The molecule has 0 radical (unpaired) electrons. The molecule has 0 unspecified atom stereocenters. The highest BCUT2D eigenvalue weighted by Gasteiger charge is 2.42. The molecule has 4 nitrogen and oxygen atoms in total. The normalized spacial score (nSPS) is 15.1. The summed E-state index contributed by atoms with van der Waals surface area (Å²) in [6.45, 7) is 3.34. The molecular weight excluding hydrogens is 504 g/mol. The topological polar surface area (TPSA) is 61.2 Å². The molecule has 0 N–H and O–H groups in total. The van der Waals surface area contributed by atoms with Crippen molar-refractivity contribution in [2.24, 2.45) is 0 Å². The monoisotopic (exact) mass is 540 g/mol. The second-order valence-corrected chi connectivity index (χ2v) is 11.1. The van der Waals surface area contributed by atoms with Gasteiger partial charge in [0.1, 0.15) is 5.78 Å². The maximum absolute atomic E-state index is 13.9. The number of amides is 1. The SMILES string of the molecule is C[C@H](CCCC(=O)C1(c2ccccc2)CCN(C(=O)c2ccc(-c3ccc(C#N)cc3)cc2)CC1)c1ccccc1. The molecule has 1 saturated heterocycles. The molecule has 1 aliphatic rings. The molecule has 0 spiro atoms. The van der Waals surface area contributed by atoms with Crippen molar-refractivity contribution in [2.75, 3.05) is 13.1 Å².